The lowest BCUT2D eigenvalue weighted by Crippen LogP contribution is -2.67. The molecule has 2 saturated heterocycles. The largest absolute Gasteiger partial charge is 0.354 e. The number of alkyl halides is 1. The van der Waals surface area contributed by atoms with Crippen LogP contribution in [-0.2, 0) is 4.79 Å². The molecule has 0 spiro atoms. The summed E-state index contributed by atoms with van der Waals surface area (Å²) in [6.45, 7) is 6.50. The van der Waals surface area contributed by atoms with Gasteiger partial charge in [-0.05, 0) is 62.8 Å². The van der Waals surface area contributed by atoms with Crippen LogP contribution in [0.3, 0.4) is 0 Å². The average molecular weight is 437 g/mol. The summed E-state index contributed by atoms with van der Waals surface area (Å²) < 4.78 is 0. The summed E-state index contributed by atoms with van der Waals surface area (Å²) in [5, 5.41) is 20.3. The van der Waals surface area contributed by atoms with Crippen LogP contribution in [0.1, 0.15) is 45.4 Å². The van der Waals surface area contributed by atoms with Crippen LogP contribution >= 0.6 is 11.6 Å². The van der Waals surface area contributed by atoms with Gasteiger partial charge < -0.3 is 16.4 Å². The first-order valence-corrected chi connectivity index (χ1v) is 12.2. The molecule has 168 valence electrons. The maximum absolute atomic E-state index is 12.5. The Kier molecular flexibility index (Phi) is 6.91. The third kappa shape index (κ3) is 4.63. The van der Waals surface area contributed by atoms with Crippen molar-refractivity contribution in [3.63, 3.8) is 0 Å². The molecule has 30 heavy (non-hydrogen) atoms. The molecule has 7 unspecified atom stereocenters. The molecule has 0 aromatic carbocycles. The molecule has 5 N–H and O–H groups in total. The molecular weight excluding hydrogens is 400 g/mol. The highest BCUT2D eigenvalue weighted by molar-refractivity contribution is 6.20. The van der Waals surface area contributed by atoms with E-state index in [1.807, 2.05) is 0 Å². The highest BCUT2D eigenvalue weighted by Gasteiger charge is 2.51. The Morgan fingerprint density at radius 2 is 2.17 bits per heavy atom. The minimum Gasteiger partial charge on any atom is -0.354 e. The van der Waals surface area contributed by atoms with Gasteiger partial charge in [-0.2, -0.15) is 5.26 Å². The van der Waals surface area contributed by atoms with Crippen LogP contribution in [-0.4, -0.2) is 61.2 Å². The summed E-state index contributed by atoms with van der Waals surface area (Å²) >= 11 is 6.46. The molecule has 4 fully saturated rings. The van der Waals surface area contributed by atoms with E-state index in [2.05, 4.69) is 33.8 Å². The molecule has 0 aromatic heterocycles. The zero-order valence-corrected chi connectivity index (χ0v) is 18.8. The smallest absolute Gasteiger partial charge is 0.240 e. The van der Waals surface area contributed by atoms with E-state index in [4.69, 9.17) is 17.3 Å². The molecule has 4 aliphatic rings. The molecule has 2 saturated carbocycles. The minimum atomic E-state index is -0.762. The van der Waals surface area contributed by atoms with E-state index in [9.17, 15) is 10.1 Å². The zero-order valence-electron chi connectivity index (χ0n) is 18.1. The number of nitriles is 1. The van der Waals surface area contributed by atoms with E-state index in [1.54, 1.807) is 0 Å². The number of hydrogen-bond donors (Lipinski definition) is 4. The van der Waals surface area contributed by atoms with Gasteiger partial charge in [0.15, 0.2) is 0 Å². The fraction of sp³-hybridized carbons (Fsp3) is 0.909. The molecule has 2 heterocycles. The van der Waals surface area contributed by atoms with Gasteiger partial charge in [-0.1, -0.05) is 6.92 Å². The number of hydrogen-bond acceptors (Lipinski definition) is 6. The Bertz CT molecular complexity index is 665. The molecule has 2 aliphatic carbocycles. The average Bonchev–Trinajstić information content (AvgIpc) is 3.43. The van der Waals surface area contributed by atoms with Crippen LogP contribution < -0.4 is 21.7 Å². The fourth-order valence-electron chi connectivity index (χ4n) is 5.58. The molecule has 1 amide bonds. The van der Waals surface area contributed by atoms with Crippen molar-refractivity contribution < 1.29 is 4.79 Å². The van der Waals surface area contributed by atoms with Crippen LogP contribution in [0, 0.1) is 40.4 Å². The van der Waals surface area contributed by atoms with E-state index in [0.29, 0.717) is 42.5 Å². The second-order valence-corrected chi connectivity index (χ2v) is 10.7. The van der Waals surface area contributed by atoms with Gasteiger partial charge in [0.1, 0.15) is 5.41 Å². The maximum atomic E-state index is 12.5. The Morgan fingerprint density at radius 1 is 1.37 bits per heavy atom. The lowest BCUT2D eigenvalue weighted by atomic mass is 9.79. The van der Waals surface area contributed by atoms with Crippen LogP contribution in [0.4, 0.5) is 0 Å². The van der Waals surface area contributed by atoms with Gasteiger partial charge in [0.25, 0.3) is 0 Å². The highest BCUT2D eigenvalue weighted by atomic mass is 35.5. The maximum Gasteiger partial charge on any atom is 0.240 e. The van der Waals surface area contributed by atoms with Crippen LogP contribution in [0.5, 0.6) is 0 Å². The predicted octanol–water partition coefficient (Wildman–Crippen LogP) is 1.19. The zero-order chi connectivity index (χ0) is 21.3. The Balaban J connectivity index is 1.40. The Morgan fingerprint density at radius 3 is 2.80 bits per heavy atom. The quantitative estimate of drug-likeness (QED) is 0.466. The van der Waals surface area contributed by atoms with Crippen molar-refractivity contribution in [1.29, 1.82) is 5.26 Å². The van der Waals surface area contributed by atoms with E-state index in [0.717, 1.165) is 51.9 Å². The van der Waals surface area contributed by atoms with Crippen molar-refractivity contribution in [2.75, 3.05) is 32.7 Å². The van der Waals surface area contributed by atoms with Gasteiger partial charge >= 0.3 is 0 Å². The molecule has 0 radical (unpaired) electrons. The minimum absolute atomic E-state index is 0.0959. The van der Waals surface area contributed by atoms with Gasteiger partial charge in [0.05, 0.1) is 18.4 Å². The molecule has 7 nitrogen and oxygen atoms in total. The fourth-order valence-corrected chi connectivity index (χ4v) is 5.81. The molecule has 0 bridgehead atoms. The SMILES string of the molecule is CC1CC(C2NCC(CNC(=O)C3(C#N)CC3)C(N3CCC(CN)C3)N2)CCC1Cl. The monoisotopic (exact) mass is 436 g/mol. The lowest BCUT2D eigenvalue weighted by Gasteiger charge is -2.47. The lowest BCUT2D eigenvalue weighted by molar-refractivity contribution is -0.124. The number of nitrogens with zero attached hydrogens (tertiary/aromatic N) is 2. The third-order valence-electron chi connectivity index (χ3n) is 7.94. The first-order valence-electron chi connectivity index (χ1n) is 11.7. The van der Waals surface area contributed by atoms with Gasteiger partial charge in [-0.15, -0.1) is 11.6 Å². The standard InChI is InChI=1S/C22H37ClN6O/c1-14-8-16(2-3-18(14)23)19-26-10-17(11-27-21(30)22(13-25)5-6-22)20(28-19)29-7-4-15(9-24)12-29/h14-20,26,28H,2-12,24H2,1H3,(H,27,30). The van der Waals surface area contributed by atoms with E-state index < -0.39 is 5.41 Å². The molecule has 4 rings (SSSR count). The number of carbonyl (C=O) groups excluding carboxylic acids is 1. The molecule has 7 atom stereocenters. The van der Waals surface area contributed by atoms with Crippen molar-refractivity contribution >= 4 is 17.5 Å². The normalized spacial score (nSPS) is 41.2. The summed E-state index contributed by atoms with van der Waals surface area (Å²) in [6.07, 6.45) is 6.37. The van der Waals surface area contributed by atoms with Gasteiger partial charge in [-0.25, -0.2) is 0 Å². The molecular formula is C22H37ClN6O. The van der Waals surface area contributed by atoms with Crippen LogP contribution in [0.2, 0.25) is 0 Å². The summed E-state index contributed by atoms with van der Waals surface area (Å²) in [5.74, 6) is 1.84. The number of rotatable bonds is 6. The van der Waals surface area contributed by atoms with Gasteiger partial charge in [0.2, 0.25) is 5.91 Å². The number of likely N-dealkylation sites (tertiary alicyclic amines) is 1. The number of carbonyl (C=O) groups is 1. The summed E-state index contributed by atoms with van der Waals surface area (Å²) in [5.41, 5.74) is 5.18. The second-order valence-electron chi connectivity index (χ2n) is 10.1. The van der Waals surface area contributed by atoms with Gasteiger partial charge in [0, 0.05) is 37.5 Å². The number of halogens is 1. The van der Waals surface area contributed by atoms with Gasteiger partial charge in [-0.3, -0.25) is 15.0 Å². The number of nitrogens with one attached hydrogen (secondary N) is 3. The van der Waals surface area contributed by atoms with E-state index in [1.165, 1.54) is 0 Å². The molecule has 8 heteroatoms. The van der Waals surface area contributed by atoms with Crippen molar-refractivity contribution in [2.24, 2.45) is 34.8 Å². The van der Waals surface area contributed by atoms with Crippen molar-refractivity contribution in [2.45, 2.75) is 63.2 Å². The Labute approximate surface area is 185 Å². The Hall–Kier alpha value is -0.910. The summed E-state index contributed by atoms with van der Waals surface area (Å²) in [7, 11) is 0. The van der Waals surface area contributed by atoms with Crippen molar-refractivity contribution in [3.8, 4) is 6.07 Å². The summed E-state index contributed by atoms with van der Waals surface area (Å²) in [4.78, 5) is 15.0. The van der Waals surface area contributed by atoms with Crippen molar-refractivity contribution in [3.05, 3.63) is 0 Å². The van der Waals surface area contributed by atoms with Crippen LogP contribution in [0.25, 0.3) is 0 Å². The molecule has 2 aliphatic heterocycles. The first-order chi connectivity index (χ1) is 14.5. The topological polar surface area (TPSA) is 106 Å². The van der Waals surface area contributed by atoms with Crippen LogP contribution in [0.15, 0.2) is 0 Å². The predicted molar refractivity (Wildman–Crippen MR) is 117 cm³/mol. The number of amides is 1. The van der Waals surface area contributed by atoms with E-state index >= 15 is 0 Å². The highest BCUT2D eigenvalue weighted by Crippen LogP contribution is 2.45. The second kappa shape index (κ2) is 9.30. The van der Waals surface area contributed by atoms with E-state index in [-0.39, 0.29) is 24.2 Å². The molecule has 0 aromatic rings. The number of nitrogens with two attached hydrogens (primary N) is 1. The third-order valence-corrected chi connectivity index (χ3v) is 8.59. The van der Waals surface area contributed by atoms with Crippen molar-refractivity contribution in [1.82, 2.24) is 20.9 Å². The first kappa shape index (κ1) is 22.3. The summed E-state index contributed by atoms with van der Waals surface area (Å²) in [6, 6.07) is 2.20.